The second-order valence-electron chi connectivity index (χ2n) is 6.83. The standard InChI is InChI=1S/C17H28N4/c1-9(2)14(10(3)4)8-21-12(6)11(5)15-16(18)19-13(7)20-17(15)21/h9-10,14H,8H2,1-7H3,(H2,18,19,20). The number of fused-ring (bicyclic) bond motifs is 1. The lowest BCUT2D eigenvalue weighted by atomic mass is 9.85. The van der Waals surface area contributed by atoms with E-state index < -0.39 is 0 Å². The zero-order valence-electron chi connectivity index (χ0n) is 14.4. The van der Waals surface area contributed by atoms with E-state index >= 15 is 0 Å². The summed E-state index contributed by atoms with van der Waals surface area (Å²) in [7, 11) is 0. The quantitative estimate of drug-likeness (QED) is 0.929. The van der Waals surface area contributed by atoms with E-state index in [-0.39, 0.29) is 0 Å². The molecule has 2 aromatic heterocycles. The Balaban J connectivity index is 2.61. The topological polar surface area (TPSA) is 56.7 Å². The van der Waals surface area contributed by atoms with Crippen molar-refractivity contribution >= 4 is 16.9 Å². The fraction of sp³-hybridized carbons (Fsp3) is 0.647. The van der Waals surface area contributed by atoms with Gasteiger partial charge in [-0.2, -0.15) is 0 Å². The van der Waals surface area contributed by atoms with Crippen molar-refractivity contribution in [2.75, 3.05) is 5.73 Å². The largest absolute Gasteiger partial charge is 0.383 e. The molecule has 2 heterocycles. The van der Waals surface area contributed by atoms with Gasteiger partial charge in [0.25, 0.3) is 0 Å². The average Bonchev–Trinajstić information content (AvgIpc) is 2.58. The Labute approximate surface area is 127 Å². The molecule has 0 unspecified atom stereocenters. The van der Waals surface area contributed by atoms with Crippen molar-refractivity contribution in [3.05, 3.63) is 17.1 Å². The molecule has 0 aromatic carbocycles. The molecule has 0 spiro atoms. The number of nitrogen functional groups attached to an aromatic ring is 1. The Kier molecular flexibility index (Phi) is 4.26. The summed E-state index contributed by atoms with van der Waals surface area (Å²) in [5.41, 5.74) is 9.57. The van der Waals surface area contributed by atoms with Crippen molar-refractivity contribution in [3.8, 4) is 0 Å². The Morgan fingerprint density at radius 2 is 1.57 bits per heavy atom. The van der Waals surface area contributed by atoms with E-state index in [0.29, 0.717) is 23.6 Å². The van der Waals surface area contributed by atoms with Crippen molar-refractivity contribution in [2.24, 2.45) is 17.8 Å². The minimum absolute atomic E-state index is 0.600. The van der Waals surface area contributed by atoms with E-state index in [0.717, 1.165) is 23.4 Å². The van der Waals surface area contributed by atoms with E-state index in [1.165, 1.54) is 11.3 Å². The van der Waals surface area contributed by atoms with Crippen LogP contribution in [0.1, 0.15) is 44.8 Å². The van der Waals surface area contributed by atoms with Crippen LogP contribution in [0.25, 0.3) is 11.0 Å². The molecule has 0 saturated carbocycles. The normalized spacial score (nSPS) is 12.3. The summed E-state index contributed by atoms with van der Waals surface area (Å²) in [6.45, 7) is 16.4. The van der Waals surface area contributed by atoms with E-state index in [1.54, 1.807) is 0 Å². The third kappa shape index (κ3) is 2.76. The summed E-state index contributed by atoms with van der Waals surface area (Å²) in [6, 6.07) is 0. The van der Waals surface area contributed by atoms with Crippen LogP contribution in [0.2, 0.25) is 0 Å². The SMILES string of the molecule is Cc1nc(N)c2c(C)c(C)n(CC(C(C)C)C(C)C)c2n1. The van der Waals surface area contributed by atoms with Crippen molar-refractivity contribution < 1.29 is 0 Å². The van der Waals surface area contributed by atoms with Gasteiger partial charge >= 0.3 is 0 Å². The van der Waals surface area contributed by atoms with Gasteiger partial charge in [0.1, 0.15) is 17.3 Å². The van der Waals surface area contributed by atoms with Gasteiger partial charge < -0.3 is 10.3 Å². The number of rotatable bonds is 4. The minimum atomic E-state index is 0.600. The number of hydrogen-bond acceptors (Lipinski definition) is 3. The second-order valence-corrected chi connectivity index (χ2v) is 6.83. The van der Waals surface area contributed by atoms with Crippen LogP contribution in [0, 0.1) is 38.5 Å². The molecule has 0 radical (unpaired) electrons. The molecule has 0 bridgehead atoms. The van der Waals surface area contributed by atoms with Gasteiger partial charge in [-0.05, 0) is 44.1 Å². The molecule has 0 aliphatic rings. The van der Waals surface area contributed by atoms with Crippen LogP contribution in [-0.2, 0) is 6.54 Å². The first-order valence-electron chi connectivity index (χ1n) is 7.83. The van der Waals surface area contributed by atoms with Gasteiger partial charge in [-0.1, -0.05) is 27.7 Å². The molecule has 116 valence electrons. The molecule has 0 aliphatic heterocycles. The molecule has 0 saturated heterocycles. The number of nitrogens with zero attached hydrogens (tertiary/aromatic N) is 3. The molecule has 4 heteroatoms. The van der Waals surface area contributed by atoms with E-state index in [4.69, 9.17) is 5.73 Å². The van der Waals surface area contributed by atoms with Crippen LogP contribution in [-0.4, -0.2) is 14.5 Å². The lowest BCUT2D eigenvalue weighted by Gasteiger charge is -2.26. The van der Waals surface area contributed by atoms with Crippen molar-refractivity contribution in [2.45, 2.75) is 55.0 Å². The predicted molar refractivity (Wildman–Crippen MR) is 89.3 cm³/mol. The van der Waals surface area contributed by atoms with E-state index in [9.17, 15) is 0 Å². The molecule has 4 nitrogen and oxygen atoms in total. The molecule has 2 rings (SSSR count). The highest BCUT2D eigenvalue weighted by Gasteiger charge is 2.22. The van der Waals surface area contributed by atoms with Crippen molar-refractivity contribution in [3.63, 3.8) is 0 Å². The average molecular weight is 288 g/mol. The fourth-order valence-corrected chi connectivity index (χ4v) is 3.30. The Bertz CT molecular complexity index is 645. The van der Waals surface area contributed by atoms with Crippen LogP contribution < -0.4 is 5.73 Å². The monoisotopic (exact) mass is 288 g/mol. The molecule has 21 heavy (non-hydrogen) atoms. The molecular formula is C17H28N4. The molecular weight excluding hydrogens is 260 g/mol. The molecule has 0 atom stereocenters. The lowest BCUT2D eigenvalue weighted by Crippen LogP contribution is -2.22. The number of nitrogens with two attached hydrogens (primary N) is 1. The highest BCUT2D eigenvalue weighted by molar-refractivity contribution is 5.91. The minimum Gasteiger partial charge on any atom is -0.383 e. The van der Waals surface area contributed by atoms with Gasteiger partial charge in [0, 0.05) is 12.2 Å². The second kappa shape index (κ2) is 5.66. The number of aromatic nitrogens is 3. The van der Waals surface area contributed by atoms with Gasteiger partial charge in [-0.15, -0.1) is 0 Å². The zero-order valence-corrected chi connectivity index (χ0v) is 14.4. The summed E-state index contributed by atoms with van der Waals surface area (Å²) in [5, 5.41) is 1.02. The number of hydrogen-bond donors (Lipinski definition) is 1. The molecule has 2 N–H and O–H groups in total. The van der Waals surface area contributed by atoms with E-state index in [2.05, 4.69) is 56.1 Å². The number of aryl methyl sites for hydroxylation is 2. The summed E-state index contributed by atoms with van der Waals surface area (Å²) in [4.78, 5) is 8.98. The van der Waals surface area contributed by atoms with Gasteiger partial charge in [-0.3, -0.25) is 0 Å². The van der Waals surface area contributed by atoms with E-state index in [1.807, 2.05) is 6.92 Å². The maximum Gasteiger partial charge on any atom is 0.146 e. The zero-order chi connectivity index (χ0) is 15.9. The van der Waals surface area contributed by atoms with Crippen LogP contribution in [0.3, 0.4) is 0 Å². The van der Waals surface area contributed by atoms with Gasteiger partial charge in [0.2, 0.25) is 0 Å². The van der Waals surface area contributed by atoms with Gasteiger partial charge in [0.15, 0.2) is 0 Å². The first-order chi connectivity index (χ1) is 9.73. The first kappa shape index (κ1) is 15.8. The van der Waals surface area contributed by atoms with Crippen molar-refractivity contribution in [1.82, 2.24) is 14.5 Å². The Morgan fingerprint density at radius 3 is 2.10 bits per heavy atom. The van der Waals surface area contributed by atoms with Crippen LogP contribution in [0.15, 0.2) is 0 Å². The number of anilines is 1. The van der Waals surface area contributed by atoms with Crippen LogP contribution >= 0.6 is 0 Å². The van der Waals surface area contributed by atoms with Gasteiger partial charge in [-0.25, -0.2) is 9.97 Å². The third-order valence-electron chi connectivity index (χ3n) is 4.71. The molecule has 0 aliphatic carbocycles. The third-order valence-corrected chi connectivity index (χ3v) is 4.71. The first-order valence-corrected chi connectivity index (χ1v) is 7.83. The summed E-state index contributed by atoms with van der Waals surface area (Å²) < 4.78 is 2.33. The Hall–Kier alpha value is -1.58. The summed E-state index contributed by atoms with van der Waals surface area (Å²) in [6.07, 6.45) is 0. The van der Waals surface area contributed by atoms with Gasteiger partial charge in [0.05, 0.1) is 5.39 Å². The molecule has 0 amide bonds. The maximum atomic E-state index is 6.13. The predicted octanol–water partition coefficient (Wildman–Crippen LogP) is 3.87. The Morgan fingerprint density at radius 1 is 1.00 bits per heavy atom. The highest BCUT2D eigenvalue weighted by atomic mass is 15.1. The molecule has 0 fully saturated rings. The molecule has 2 aromatic rings. The van der Waals surface area contributed by atoms with Crippen LogP contribution in [0.5, 0.6) is 0 Å². The van der Waals surface area contributed by atoms with Crippen LogP contribution in [0.4, 0.5) is 5.82 Å². The summed E-state index contributed by atoms with van der Waals surface area (Å²) in [5.74, 6) is 3.24. The maximum absolute atomic E-state index is 6.13. The van der Waals surface area contributed by atoms with Crippen molar-refractivity contribution in [1.29, 1.82) is 0 Å². The highest BCUT2D eigenvalue weighted by Crippen LogP contribution is 2.31. The lowest BCUT2D eigenvalue weighted by molar-refractivity contribution is 0.253. The summed E-state index contributed by atoms with van der Waals surface area (Å²) >= 11 is 0. The fourth-order valence-electron chi connectivity index (χ4n) is 3.30. The smallest absolute Gasteiger partial charge is 0.146 e.